The van der Waals surface area contributed by atoms with Crippen molar-refractivity contribution in [3.05, 3.63) is 0 Å². The molecule has 0 aromatic rings. The van der Waals surface area contributed by atoms with Crippen molar-refractivity contribution >= 4 is 17.5 Å². The van der Waals surface area contributed by atoms with Gasteiger partial charge in [0.15, 0.2) is 5.72 Å². The van der Waals surface area contributed by atoms with Crippen LogP contribution in [0.3, 0.4) is 0 Å². The van der Waals surface area contributed by atoms with E-state index in [0.29, 0.717) is 12.8 Å². The lowest BCUT2D eigenvalue weighted by Crippen LogP contribution is -2.41. The van der Waals surface area contributed by atoms with Gasteiger partial charge in [-0.1, -0.05) is 13.8 Å². The molecule has 0 spiro atoms. The molecule has 3 nitrogen and oxygen atoms in total. The number of halogens is 1. The van der Waals surface area contributed by atoms with Gasteiger partial charge < -0.3 is 10.1 Å². The van der Waals surface area contributed by atoms with E-state index in [2.05, 4.69) is 5.32 Å². The van der Waals surface area contributed by atoms with Crippen molar-refractivity contribution in [3.63, 3.8) is 0 Å². The molecule has 1 N–H and O–H groups in total. The van der Waals surface area contributed by atoms with Crippen LogP contribution in [0.4, 0.5) is 0 Å². The first-order chi connectivity index (χ1) is 6.02. The molecule has 1 aliphatic heterocycles. The fraction of sp³-hybridized carbons (Fsp3) is 0.889. The van der Waals surface area contributed by atoms with Gasteiger partial charge in [0.2, 0.25) is 0 Å². The van der Waals surface area contributed by atoms with Crippen LogP contribution in [0.2, 0.25) is 0 Å². The molecule has 4 heteroatoms. The van der Waals surface area contributed by atoms with E-state index >= 15 is 0 Å². The molecule has 13 heavy (non-hydrogen) atoms. The van der Waals surface area contributed by atoms with Gasteiger partial charge in [-0.05, 0) is 19.8 Å². The van der Waals surface area contributed by atoms with Gasteiger partial charge in [-0.3, -0.25) is 4.79 Å². The number of hydrogen-bond donors (Lipinski definition) is 1. The first-order valence-electron chi connectivity index (χ1n) is 4.60. The van der Waals surface area contributed by atoms with Gasteiger partial charge in [-0.25, -0.2) is 0 Å². The second-order valence-electron chi connectivity index (χ2n) is 3.62. The average Bonchev–Trinajstić information content (AvgIpc) is 2.39. The van der Waals surface area contributed by atoms with Crippen molar-refractivity contribution in [2.45, 2.75) is 44.9 Å². The zero-order valence-corrected chi connectivity index (χ0v) is 9.07. The molecule has 1 atom stereocenters. The Morgan fingerprint density at radius 3 is 2.23 bits per heavy atom. The van der Waals surface area contributed by atoms with E-state index in [1.165, 1.54) is 0 Å². The molecule has 1 amide bonds. The van der Waals surface area contributed by atoms with Crippen molar-refractivity contribution in [2.75, 3.05) is 5.88 Å². The predicted molar refractivity (Wildman–Crippen MR) is 51.7 cm³/mol. The van der Waals surface area contributed by atoms with E-state index in [1.54, 1.807) is 6.92 Å². The van der Waals surface area contributed by atoms with Crippen LogP contribution in [0.5, 0.6) is 0 Å². The van der Waals surface area contributed by atoms with E-state index in [0.717, 1.165) is 0 Å². The Morgan fingerprint density at radius 2 is 2.00 bits per heavy atom. The minimum Gasteiger partial charge on any atom is -0.339 e. The van der Waals surface area contributed by atoms with Crippen LogP contribution < -0.4 is 5.32 Å². The molecule has 0 aromatic carbocycles. The van der Waals surface area contributed by atoms with Gasteiger partial charge in [-0.2, -0.15) is 0 Å². The maximum atomic E-state index is 11.6. The SMILES string of the molecule is CCC1(CC)OC(C)(CCl)NC1=O. The van der Waals surface area contributed by atoms with Crippen molar-refractivity contribution < 1.29 is 9.53 Å². The Balaban J connectivity index is 2.87. The topological polar surface area (TPSA) is 38.3 Å². The third-order valence-electron chi connectivity index (χ3n) is 2.61. The Labute approximate surface area is 83.8 Å². The van der Waals surface area contributed by atoms with Crippen LogP contribution in [0.1, 0.15) is 33.6 Å². The van der Waals surface area contributed by atoms with Crippen LogP contribution >= 0.6 is 11.6 Å². The highest BCUT2D eigenvalue weighted by Gasteiger charge is 2.50. The number of carbonyl (C=O) groups excluding carboxylic acids is 1. The van der Waals surface area contributed by atoms with Crippen molar-refractivity contribution in [2.24, 2.45) is 0 Å². The summed E-state index contributed by atoms with van der Waals surface area (Å²) in [6, 6.07) is 0. The van der Waals surface area contributed by atoms with Crippen LogP contribution in [-0.4, -0.2) is 23.1 Å². The second-order valence-corrected chi connectivity index (χ2v) is 3.89. The summed E-state index contributed by atoms with van der Waals surface area (Å²) in [5, 5.41) is 2.78. The van der Waals surface area contributed by atoms with E-state index in [-0.39, 0.29) is 11.8 Å². The number of nitrogens with one attached hydrogen (secondary N) is 1. The summed E-state index contributed by atoms with van der Waals surface area (Å²) in [5.74, 6) is 0.237. The number of carbonyl (C=O) groups is 1. The molecule has 1 rings (SSSR count). The molecule has 0 aliphatic carbocycles. The quantitative estimate of drug-likeness (QED) is 0.712. The van der Waals surface area contributed by atoms with Gasteiger partial charge >= 0.3 is 0 Å². The van der Waals surface area contributed by atoms with E-state index in [9.17, 15) is 4.79 Å². The fourth-order valence-electron chi connectivity index (χ4n) is 1.63. The molecule has 1 aliphatic rings. The smallest absolute Gasteiger partial charge is 0.254 e. The number of alkyl halides is 1. The number of rotatable bonds is 3. The zero-order chi connectivity index (χ0) is 10.1. The molecule has 1 saturated heterocycles. The minimum absolute atomic E-state index is 0.0411. The molecular formula is C9H16ClNO2. The molecule has 0 radical (unpaired) electrons. The highest BCUT2D eigenvalue weighted by Crippen LogP contribution is 2.33. The zero-order valence-electron chi connectivity index (χ0n) is 8.32. The van der Waals surface area contributed by atoms with Crippen molar-refractivity contribution in [1.29, 1.82) is 0 Å². The molecule has 0 bridgehead atoms. The standard InChI is InChI=1S/C9H16ClNO2/c1-4-9(5-2)7(12)11-8(3,6-10)13-9/h4-6H2,1-3H3,(H,11,12). The van der Waals surface area contributed by atoms with Crippen molar-refractivity contribution in [1.82, 2.24) is 5.32 Å². The minimum atomic E-state index is -0.690. The lowest BCUT2D eigenvalue weighted by Gasteiger charge is -2.26. The van der Waals surface area contributed by atoms with Crippen molar-refractivity contribution in [3.8, 4) is 0 Å². The van der Waals surface area contributed by atoms with Gasteiger partial charge in [0.1, 0.15) is 5.60 Å². The van der Waals surface area contributed by atoms with Gasteiger partial charge in [-0.15, -0.1) is 11.6 Å². The molecule has 0 aromatic heterocycles. The first kappa shape index (κ1) is 10.8. The van der Waals surface area contributed by atoms with Gasteiger partial charge in [0.25, 0.3) is 5.91 Å². The number of amides is 1. The molecule has 1 unspecified atom stereocenters. The summed E-state index contributed by atoms with van der Waals surface area (Å²) in [4.78, 5) is 11.6. The summed E-state index contributed by atoms with van der Waals surface area (Å²) in [6.07, 6.45) is 1.36. The Bertz CT molecular complexity index is 216. The lowest BCUT2D eigenvalue weighted by atomic mass is 9.97. The van der Waals surface area contributed by atoms with E-state index in [4.69, 9.17) is 16.3 Å². The second kappa shape index (κ2) is 3.46. The van der Waals surface area contributed by atoms with Gasteiger partial charge in [0.05, 0.1) is 5.88 Å². The Morgan fingerprint density at radius 1 is 1.46 bits per heavy atom. The molecular weight excluding hydrogens is 190 g/mol. The van der Waals surface area contributed by atoms with E-state index < -0.39 is 11.3 Å². The third-order valence-corrected chi connectivity index (χ3v) is 3.12. The maximum Gasteiger partial charge on any atom is 0.254 e. The largest absolute Gasteiger partial charge is 0.339 e. The van der Waals surface area contributed by atoms with Gasteiger partial charge in [0, 0.05) is 0 Å². The Kier molecular flexibility index (Phi) is 2.88. The monoisotopic (exact) mass is 205 g/mol. The van der Waals surface area contributed by atoms with E-state index in [1.807, 2.05) is 13.8 Å². The Hall–Kier alpha value is -0.280. The molecule has 0 saturated carbocycles. The highest BCUT2D eigenvalue weighted by atomic mass is 35.5. The summed E-state index contributed by atoms with van der Waals surface area (Å²) >= 11 is 5.72. The highest BCUT2D eigenvalue weighted by molar-refractivity contribution is 6.18. The summed E-state index contributed by atoms with van der Waals surface area (Å²) < 4.78 is 5.70. The normalized spacial score (nSPS) is 31.8. The number of hydrogen-bond acceptors (Lipinski definition) is 2. The summed E-state index contributed by atoms with van der Waals surface area (Å²) in [5.41, 5.74) is -1.35. The van der Waals surface area contributed by atoms with Crippen LogP contribution in [-0.2, 0) is 9.53 Å². The summed E-state index contributed by atoms with van der Waals surface area (Å²) in [6.45, 7) is 5.69. The lowest BCUT2D eigenvalue weighted by molar-refractivity contribution is -0.138. The summed E-state index contributed by atoms with van der Waals surface area (Å²) in [7, 11) is 0. The molecule has 1 heterocycles. The number of ether oxygens (including phenoxy) is 1. The van der Waals surface area contributed by atoms with Crippen LogP contribution in [0.15, 0.2) is 0 Å². The van der Waals surface area contributed by atoms with Crippen LogP contribution in [0.25, 0.3) is 0 Å². The maximum absolute atomic E-state index is 11.6. The molecule has 76 valence electrons. The molecule has 1 fully saturated rings. The third kappa shape index (κ3) is 1.67. The van der Waals surface area contributed by atoms with Crippen LogP contribution in [0, 0.1) is 0 Å². The average molecular weight is 206 g/mol. The first-order valence-corrected chi connectivity index (χ1v) is 5.14. The fourth-order valence-corrected chi connectivity index (χ4v) is 1.75. The predicted octanol–water partition coefficient (Wildman–Crippen LogP) is 1.65.